The van der Waals surface area contributed by atoms with Crippen LogP contribution in [0.4, 0.5) is 5.69 Å². The summed E-state index contributed by atoms with van der Waals surface area (Å²) >= 11 is 0. The zero-order chi connectivity index (χ0) is 12.3. The van der Waals surface area contributed by atoms with Crippen LogP contribution in [0, 0.1) is 5.41 Å². The summed E-state index contributed by atoms with van der Waals surface area (Å²) in [5.74, 6) is 0. The van der Waals surface area contributed by atoms with Crippen LogP contribution in [0.25, 0.3) is 0 Å². The molecule has 0 unspecified atom stereocenters. The molecule has 2 rings (SSSR count). The summed E-state index contributed by atoms with van der Waals surface area (Å²) in [6.07, 6.45) is 2.33. The Bertz CT molecular complexity index is 355. The number of aliphatic hydroxyl groups is 1. The second-order valence-electron chi connectivity index (χ2n) is 5.32. The third-order valence-electron chi connectivity index (χ3n) is 3.57. The summed E-state index contributed by atoms with van der Waals surface area (Å²) in [6.45, 7) is 2.13. The van der Waals surface area contributed by atoms with Crippen molar-refractivity contribution in [2.45, 2.75) is 19.4 Å². The van der Waals surface area contributed by atoms with E-state index in [9.17, 15) is 5.11 Å². The van der Waals surface area contributed by atoms with Gasteiger partial charge in [0.1, 0.15) is 0 Å². The van der Waals surface area contributed by atoms with Gasteiger partial charge in [0, 0.05) is 44.9 Å². The molecule has 3 heteroatoms. The zero-order valence-corrected chi connectivity index (χ0v) is 10.7. The molecule has 0 saturated heterocycles. The van der Waals surface area contributed by atoms with Gasteiger partial charge in [0.2, 0.25) is 0 Å². The topological polar surface area (TPSA) is 35.5 Å². The fourth-order valence-corrected chi connectivity index (χ4v) is 1.95. The van der Waals surface area contributed by atoms with E-state index in [2.05, 4.69) is 34.5 Å². The van der Waals surface area contributed by atoms with Crippen molar-refractivity contribution in [2.24, 2.45) is 5.41 Å². The molecule has 0 radical (unpaired) electrons. The lowest BCUT2D eigenvalue weighted by atomic mass is 10.1. The minimum Gasteiger partial charge on any atom is -0.396 e. The van der Waals surface area contributed by atoms with Gasteiger partial charge in [-0.3, -0.25) is 0 Å². The molecule has 2 N–H and O–H groups in total. The third-order valence-corrected chi connectivity index (χ3v) is 3.57. The number of nitrogens with zero attached hydrogens (tertiary/aromatic N) is 1. The Labute approximate surface area is 103 Å². The van der Waals surface area contributed by atoms with Crippen molar-refractivity contribution >= 4 is 5.69 Å². The van der Waals surface area contributed by atoms with Crippen LogP contribution in [0.15, 0.2) is 24.3 Å². The lowest BCUT2D eigenvalue weighted by Gasteiger charge is -2.14. The summed E-state index contributed by atoms with van der Waals surface area (Å²) in [7, 11) is 4.09. The van der Waals surface area contributed by atoms with E-state index in [1.165, 1.54) is 11.3 Å². The smallest absolute Gasteiger partial charge is 0.0499 e. The van der Waals surface area contributed by atoms with E-state index >= 15 is 0 Å². The average molecular weight is 234 g/mol. The van der Waals surface area contributed by atoms with Crippen molar-refractivity contribution < 1.29 is 5.11 Å². The maximum atomic E-state index is 9.21. The minimum atomic E-state index is 0.198. The van der Waals surface area contributed by atoms with Gasteiger partial charge in [-0.25, -0.2) is 0 Å². The van der Waals surface area contributed by atoms with Gasteiger partial charge < -0.3 is 15.3 Å². The van der Waals surface area contributed by atoms with Crippen LogP contribution in [0.3, 0.4) is 0 Å². The molecule has 1 aromatic carbocycles. The lowest BCUT2D eigenvalue weighted by molar-refractivity contribution is 0.207. The Hall–Kier alpha value is -1.06. The molecule has 0 aromatic heterocycles. The van der Waals surface area contributed by atoms with Crippen LogP contribution in [0.2, 0.25) is 0 Å². The quantitative estimate of drug-likeness (QED) is 0.785. The Morgan fingerprint density at radius 1 is 1.24 bits per heavy atom. The summed E-state index contributed by atoms with van der Waals surface area (Å²) in [5.41, 5.74) is 2.72. The predicted molar refractivity (Wildman–Crippen MR) is 71.2 cm³/mol. The molecule has 94 valence electrons. The SMILES string of the molecule is CN(C)c1ccc(CNCC2(CO)CC2)cc1. The maximum absolute atomic E-state index is 9.21. The molecule has 0 amide bonds. The number of rotatable bonds is 6. The van der Waals surface area contributed by atoms with Crippen LogP contribution in [-0.2, 0) is 6.54 Å². The molecule has 1 aromatic rings. The molecular weight excluding hydrogens is 212 g/mol. The Kier molecular flexibility index (Phi) is 3.69. The van der Waals surface area contributed by atoms with E-state index in [4.69, 9.17) is 0 Å². The molecule has 1 aliphatic rings. The van der Waals surface area contributed by atoms with Gasteiger partial charge in [0.25, 0.3) is 0 Å². The molecule has 1 fully saturated rings. The highest BCUT2D eigenvalue weighted by atomic mass is 16.3. The van der Waals surface area contributed by atoms with Crippen molar-refractivity contribution in [3.63, 3.8) is 0 Å². The Balaban J connectivity index is 1.79. The molecule has 1 saturated carbocycles. The van der Waals surface area contributed by atoms with E-state index in [0.29, 0.717) is 6.61 Å². The van der Waals surface area contributed by atoms with Crippen molar-refractivity contribution in [3.8, 4) is 0 Å². The average Bonchev–Trinajstić information content (AvgIpc) is 3.10. The number of nitrogens with one attached hydrogen (secondary N) is 1. The van der Waals surface area contributed by atoms with Gasteiger partial charge in [0.05, 0.1) is 0 Å². The molecule has 0 atom stereocenters. The van der Waals surface area contributed by atoms with Gasteiger partial charge in [-0.1, -0.05) is 12.1 Å². The molecular formula is C14H22N2O. The van der Waals surface area contributed by atoms with Gasteiger partial charge >= 0.3 is 0 Å². The monoisotopic (exact) mass is 234 g/mol. The highest BCUT2D eigenvalue weighted by molar-refractivity contribution is 5.45. The van der Waals surface area contributed by atoms with Gasteiger partial charge in [0.15, 0.2) is 0 Å². The van der Waals surface area contributed by atoms with Crippen LogP contribution < -0.4 is 10.2 Å². The fourth-order valence-electron chi connectivity index (χ4n) is 1.95. The standard InChI is InChI=1S/C14H22N2O/c1-16(2)13-5-3-12(4-6-13)9-15-10-14(11-17)7-8-14/h3-6,15,17H,7-11H2,1-2H3. The molecule has 1 aliphatic carbocycles. The first-order valence-corrected chi connectivity index (χ1v) is 6.23. The van der Waals surface area contributed by atoms with E-state index in [1.807, 2.05) is 14.1 Å². The summed E-state index contributed by atoms with van der Waals surface area (Å²) in [6, 6.07) is 8.58. The van der Waals surface area contributed by atoms with Crippen LogP contribution in [-0.4, -0.2) is 32.4 Å². The third kappa shape index (κ3) is 3.20. The maximum Gasteiger partial charge on any atom is 0.0499 e. The number of aliphatic hydroxyl groups excluding tert-OH is 1. The largest absolute Gasteiger partial charge is 0.396 e. The number of benzene rings is 1. The van der Waals surface area contributed by atoms with Crippen LogP contribution in [0.5, 0.6) is 0 Å². The second kappa shape index (κ2) is 5.07. The van der Waals surface area contributed by atoms with Crippen LogP contribution >= 0.6 is 0 Å². The first-order chi connectivity index (χ1) is 8.15. The van der Waals surface area contributed by atoms with Crippen molar-refractivity contribution in [3.05, 3.63) is 29.8 Å². The van der Waals surface area contributed by atoms with Gasteiger partial charge in [-0.15, -0.1) is 0 Å². The fraction of sp³-hybridized carbons (Fsp3) is 0.571. The van der Waals surface area contributed by atoms with E-state index in [1.54, 1.807) is 0 Å². The molecule has 0 spiro atoms. The molecule has 0 bridgehead atoms. The van der Waals surface area contributed by atoms with Crippen LogP contribution in [0.1, 0.15) is 18.4 Å². The van der Waals surface area contributed by atoms with Crippen molar-refractivity contribution in [1.82, 2.24) is 5.32 Å². The first-order valence-electron chi connectivity index (χ1n) is 6.23. The predicted octanol–water partition coefficient (Wildman–Crippen LogP) is 1.61. The van der Waals surface area contributed by atoms with Crippen molar-refractivity contribution in [2.75, 3.05) is 32.1 Å². The Morgan fingerprint density at radius 2 is 1.88 bits per heavy atom. The zero-order valence-electron chi connectivity index (χ0n) is 10.7. The first kappa shape index (κ1) is 12.4. The second-order valence-corrected chi connectivity index (χ2v) is 5.32. The van der Waals surface area contributed by atoms with Crippen molar-refractivity contribution in [1.29, 1.82) is 0 Å². The summed E-state index contributed by atoms with van der Waals surface area (Å²) in [4.78, 5) is 2.10. The van der Waals surface area contributed by atoms with Gasteiger partial charge in [-0.05, 0) is 30.5 Å². The van der Waals surface area contributed by atoms with E-state index < -0.39 is 0 Å². The minimum absolute atomic E-state index is 0.198. The Morgan fingerprint density at radius 3 is 2.35 bits per heavy atom. The molecule has 0 heterocycles. The molecule has 17 heavy (non-hydrogen) atoms. The number of hydrogen-bond acceptors (Lipinski definition) is 3. The van der Waals surface area contributed by atoms with E-state index in [-0.39, 0.29) is 5.41 Å². The summed E-state index contributed by atoms with van der Waals surface area (Å²) in [5, 5.41) is 12.6. The molecule has 0 aliphatic heterocycles. The number of anilines is 1. The highest BCUT2D eigenvalue weighted by Crippen LogP contribution is 2.44. The normalized spacial score (nSPS) is 16.9. The van der Waals surface area contributed by atoms with Gasteiger partial charge in [-0.2, -0.15) is 0 Å². The van der Waals surface area contributed by atoms with E-state index in [0.717, 1.165) is 25.9 Å². The highest BCUT2D eigenvalue weighted by Gasteiger charge is 2.41. The molecule has 3 nitrogen and oxygen atoms in total. The summed E-state index contributed by atoms with van der Waals surface area (Å²) < 4.78 is 0. The number of hydrogen-bond donors (Lipinski definition) is 2. The lowest BCUT2D eigenvalue weighted by Crippen LogP contribution is -2.26.